The lowest BCUT2D eigenvalue weighted by atomic mass is 9.98. The molecule has 24 heteroatoms. The normalized spacial score (nSPS) is 15.8. The van der Waals surface area contributed by atoms with E-state index in [-0.39, 0.29) is 61.8 Å². The molecular formula is C55H58ClF4N7O12. The average molecular weight is 1120 g/mol. The van der Waals surface area contributed by atoms with Crippen LogP contribution in [-0.4, -0.2) is 160 Å². The number of fused-ring (bicyclic) bond motifs is 3. The number of piperazine rings is 1. The number of methoxy groups -OCH3 is 1. The molecule has 0 saturated carbocycles. The SMILES string of the molecule is COCCOCCn1nc(C)c(-c2c(Cl)ccc3c(CCCOc4cccc5cc(F)ccc45)c(C(=O)O)n(CCN4CCN(C(=O)COc5cccc6c5CN(C5CCC(=O)NC5=O)C6=O)CC4)c23)c1C.O=C(O)C(F)(F)F. The highest BCUT2D eigenvalue weighted by Gasteiger charge is 2.41. The molecule has 0 spiro atoms. The van der Waals surface area contributed by atoms with Crippen molar-refractivity contribution in [1.29, 1.82) is 0 Å². The third-order valence-electron chi connectivity index (χ3n) is 14.1. The number of aryl methyl sites for hydroxylation is 2. The minimum absolute atomic E-state index is 0.122. The first-order chi connectivity index (χ1) is 37.8. The van der Waals surface area contributed by atoms with Crippen LogP contribution in [0.15, 0.2) is 66.7 Å². The number of carboxylic acids is 2. The van der Waals surface area contributed by atoms with Crippen LogP contribution in [0.1, 0.15) is 62.6 Å². The predicted molar refractivity (Wildman–Crippen MR) is 280 cm³/mol. The number of amides is 4. The summed E-state index contributed by atoms with van der Waals surface area (Å²) < 4.78 is 72.7. The first-order valence-corrected chi connectivity index (χ1v) is 25.8. The minimum Gasteiger partial charge on any atom is -0.493 e. The van der Waals surface area contributed by atoms with Gasteiger partial charge in [-0.25, -0.2) is 14.0 Å². The summed E-state index contributed by atoms with van der Waals surface area (Å²) in [5.74, 6) is -4.60. The van der Waals surface area contributed by atoms with Crippen molar-refractivity contribution >= 4 is 68.8 Å². The number of imide groups is 1. The second-order valence-electron chi connectivity index (χ2n) is 19.0. The number of rotatable bonds is 20. The van der Waals surface area contributed by atoms with Crippen LogP contribution in [-0.2, 0) is 54.7 Å². The number of aromatic nitrogens is 3. The van der Waals surface area contributed by atoms with Gasteiger partial charge in [-0.15, -0.1) is 0 Å². The lowest BCUT2D eigenvalue weighted by molar-refractivity contribution is -0.192. The van der Waals surface area contributed by atoms with Crippen molar-refractivity contribution in [2.24, 2.45) is 0 Å². The second-order valence-corrected chi connectivity index (χ2v) is 19.5. The molecule has 4 aromatic carbocycles. The summed E-state index contributed by atoms with van der Waals surface area (Å²) in [4.78, 5) is 79.1. The number of nitrogens with zero attached hydrogens (tertiary/aromatic N) is 6. The molecule has 420 valence electrons. The fraction of sp³-hybridized carbons (Fsp3) is 0.400. The van der Waals surface area contributed by atoms with E-state index in [1.165, 1.54) is 17.0 Å². The molecule has 4 amide bonds. The topological polar surface area (TPSA) is 224 Å². The molecule has 6 aromatic rings. The lowest BCUT2D eigenvalue weighted by Gasteiger charge is -2.35. The highest BCUT2D eigenvalue weighted by molar-refractivity contribution is 6.35. The number of carbonyl (C=O) groups excluding carboxylic acids is 4. The molecule has 1 unspecified atom stereocenters. The molecule has 5 heterocycles. The number of aromatic carboxylic acids is 1. The zero-order valence-corrected chi connectivity index (χ0v) is 44.3. The Hall–Kier alpha value is -7.60. The zero-order valence-electron chi connectivity index (χ0n) is 43.5. The Bertz CT molecular complexity index is 3300. The summed E-state index contributed by atoms with van der Waals surface area (Å²) in [5, 5.41) is 28.1. The van der Waals surface area contributed by atoms with Crippen LogP contribution >= 0.6 is 11.6 Å². The predicted octanol–water partition coefficient (Wildman–Crippen LogP) is 7.06. The van der Waals surface area contributed by atoms with Crippen molar-refractivity contribution in [3.05, 3.63) is 111 Å². The Morgan fingerprint density at radius 3 is 2.28 bits per heavy atom. The molecule has 79 heavy (non-hydrogen) atoms. The van der Waals surface area contributed by atoms with Crippen LogP contribution in [0.2, 0.25) is 5.02 Å². The molecule has 1 atom stereocenters. The van der Waals surface area contributed by atoms with Crippen molar-refractivity contribution in [1.82, 2.24) is 34.4 Å². The molecule has 2 fully saturated rings. The van der Waals surface area contributed by atoms with Crippen LogP contribution in [0.4, 0.5) is 17.6 Å². The Balaban J connectivity index is 0.00000110. The molecule has 3 aliphatic rings. The highest BCUT2D eigenvalue weighted by Crippen LogP contribution is 2.43. The number of aliphatic carboxylic acids is 1. The van der Waals surface area contributed by atoms with Crippen molar-refractivity contribution in [3.8, 4) is 22.6 Å². The van der Waals surface area contributed by atoms with Crippen molar-refractivity contribution < 1.29 is 75.5 Å². The monoisotopic (exact) mass is 1120 g/mol. The van der Waals surface area contributed by atoms with Gasteiger partial charge in [0.1, 0.15) is 29.1 Å². The van der Waals surface area contributed by atoms with Crippen molar-refractivity contribution in [2.75, 3.05) is 72.9 Å². The summed E-state index contributed by atoms with van der Waals surface area (Å²) in [6.45, 7) is 8.53. The van der Waals surface area contributed by atoms with Crippen LogP contribution in [0.25, 0.3) is 32.8 Å². The van der Waals surface area contributed by atoms with E-state index in [0.29, 0.717) is 123 Å². The highest BCUT2D eigenvalue weighted by atomic mass is 35.5. The Kier molecular flexibility index (Phi) is 18.2. The Morgan fingerprint density at radius 2 is 1.57 bits per heavy atom. The molecule has 19 nitrogen and oxygen atoms in total. The van der Waals surface area contributed by atoms with Crippen LogP contribution < -0.4 is 14.8 Å². The van der Waals surface area contributed by atoms with Gasteiger partial charge in [-0.05, 0) is 86.5 Å². The van der Waals surface area contributed by atoms with E-state index < -0.39 is 30.1 Å². The number of hydrogen-bond acceptors (Lipinski definition) is 12. The maximum absolute atomic E-state index is 14.0. The van der Waals surface area contributed by atoms with Crippen molar-refractivity contribution in [2.45, 2.75) is 71.4 Å². The second kappa shape index (κ2) is 25.0. The van der Waals surface area contributed by atoms with E-state index in [4.69, 9.17) is 45.5 Å². The molecule has 2 aromatic heterocycles. The zero-order chi connectivity index (χ0) is 56.7. The van der Waals surface area contributed by atoms with Crippen LogP contribution in [0.5, 0.6) is 11.5 Å². The molecule has 0 radical (unpaired) electrons. The third-order valence-corrected chi connectivity index (χ3v) is 14.4. The smallest absolute Gasteiger partial charge is 0.490 e. The molecule has 3 N–H and O–H groups in total. The number of halogens is 5. The Morgan fingerprint density at radius 1 is 0.848 bits per heavy atom. The van der Waals surface area contributed by atoms with E-state index in [1.807, 2.05) is 53.4 Å². The summed E-state index contributed by atoms with van der Waals surface area (Å²) in [6.07, 6.45) is -3.84. The number of piperidine rings is 1. The number of carbonyl (C=O) groups is 6. The van der Waals surface area contributed by atoms with Gasteiger partial charge in [0.15, 0.2) is 6.61 Å². The molecule has 9 rings (SSSR count). The van der Waals surface area contributed by atoms with Crippen LogP contribution in [0.3, 0.4) is 0 Å². The van der Waals surface area contributed by atoms with Gasteiger partial charge in [-0.3, -0.25) is 34.1 Å². The summed E-state index contributed by atoms with van der Waals surface area (Å²) in [5.41, 5.74) is 5.58. The Labute approximate surface area is 455 Å². The van der Waals surface area contributed by atoms with Gasteiger partial charge in [0, 0.05) is 91.5 Å². The maximum atomic E-state index is 14.0. The van der Waals surface area contributed by atoms with Gasteiger partial charge in [0.25, 0.3) is 11.8 Å². The van der Waals surface area contributed by atoms with E-state index in [2.05, 4.69) is 10.2 Å². The standard InChI is InChI=1S/C53H57ClFN7O10.C2HF3O2/c1-32-47(33(2)62(57-32)24-26-70-28-27-69-3)48-41(54)15-14-38-37(9-6-25-71-43-10-4-7-34-29-35(55)12-13-36(34)43)50(53(67)68)60(49(38)48)23-20-58-18-21-59(22-19-58)46(64)31-72-44-11-5-8-39-40(44)30-61(52(39)66)42-16-17-45(63)56-51(42)65;3-2(4,5)1(6)7/h4-5,7-8,10-15,29,42H,6,9,16-28,30-31H2,1-3H3,(H,67,68)(H,56,63,65);(H,6,7). The van der Waals surface area contributed by atoms with E-state index in [1.54, 1.807) is 36.3 Å². The van der Waals surface area contributed by atoms with Gasteiger partial charge in [-0.1, -0.05) is 35.9 Å². The summed E-state index contributed by atoms with van der Waals surface area (Å²) >= 11 is 7.18. The van der Waals surface area contributed by atoms with Crippen molar-refractivity contribution in [3.63, 3.8) is 0 Å². The first kappa shape index (κ1) is 57.6. The lowest BCUT2D eigenvalue weighted by Crippen LogP contribution is -2.52. The number of alkyl halides is 3. The average Bonchev–Trinajstić information content (AvgIpc) is 3.47. The number of nitrogens with one attached hydrogen (secondary N) is 1. The summed E-state index contributed by atoms with van der Waals surface area (Å²) in [7, 11) is 1.62. The largest absolute Gasteiger partial charge is 0.493 e. The van der Waals surface area contributed by atoms with E-state index in [9.17, 15) is 46.6 Å². The number of ether oxygens (including phenoxy) is 4. The van der Waals surface area contributed by atoms with Crippen LogP contribution in [0, 0.1) is 19.7 Å². The molecule has 2 saturated heterocycles. The molecule has 0 aliphatic carbocycles. The van der Waals surface area contributed by atoms with Gasteiger partial charge in [0.05, 0.1) is 55.8 Å². The fourth-order valence-corrected chi connectivity index (χ4v) is 10.5. The number of carboxylic acid groups (broad SMARTS) is 2. The number of benzene rings is 4. The molecule has 3 aliphatic heterocycles. The number of hydrogen-bond donors (Lipinski definition) is 3. The quantitative estimate of drug-likeness (QED) is 0.0396. The van der Waals surface area contributed by atoms with Gasteiger partial charge < -0.3 is 43.5 Å². The maximum Gasteiger partial charge on any atom is 0.490 e. The molecule has 0 bridgehead atoms. The van der Waals surface area contributed by atoms with Gasteiger partial charge in [-0.2, -0.15) is 18.3 Å². The van der Waals surface area contributed by atoms with Gasteiger partial charge in [0.2, 0.25) is 11.8 Å². The molecular weight excluding hydrogens is 1060 g/mol. The minimum atomic E-state index is -5.08. The van der Waals surface area contributed by atoms with E-state index >= 15 is 0 Å². The third kappa shape index (κ3) is 13.0. The summed E-state index contributed by atoms with van der Waals surface area (Å²) in [6, 6.07) is 18.0. The first-order valence-electron chi connectivity index (χ1n) is 25.5. The van der Waals surface area contributed by atoms with Gasteiger partial charge >= 0.3 is 18.1 Å². The van der Waals surface area contributed by atoms with E-state index in [0.717, 1.165) is 33.1 Å². The fourth-order valence-electron chi connectivity index (χ4n) is 10.3.